The largest absolute Gasteiger partial charge is 0.338 e. The molecule has 0 aliphatic carbocycles. The fraction of sp³-hybridized carbons (Fsp3) is 0.733. The fourth-order valence-electron chi connectivity index (χ4n) is 2.94. The quantitative estimate of drug-likeness (QED) is 0.914. The van der Waals surface area contributed by atoms with E-state index in [0.717, 1.165) is 37.3 Å². The van der Waals surface area contributed by atoms with Gasteiger partial charge in [-0.2, -0.15) is 5.10 Å². The van der Waals surface area contributed by atoms with Gasteiger partial charge < -0.3 is 10.2 Å². The lowest BCUT2D eigenvalue weighted by Crippen LogP contribution is -2.31. The number of nitrogens with zero attached hydrogens (tertiary/aromatic N) is 3. The Kier molecular flexibility index (Phi) is 4.18. The summed E-state index contributed by atoms with van der Waals surface area (Å²) in [7, 11) is 1.96. The second kappa shape index (κ2) is 5.56. The van der Waals surface area contributed by atoms with Crippen molar-refractivity contribution in [3.05, 3.63) is 17.5 Å². The van der Waals surface area contributed by atoms with Crippen molar-refractivity contribution in [3.63, 3.8) is 0 Å². The maximum absolute atomic E-state index is 12.6. The Balaban J connectivity index is 2.13. The third-order valence-electron chi connectivity index (χ3n) is 3.94. The van der Waals surface area contributed by atoms with E-state index in [9.17, 15) is 4.79 Å². The van der Waals surface area contributed by atoms with E-state index in [2.05, 4.69) is 31.2 Å². The van der Waals surface area contributed by atoms with Gasteiger partial charge in [0.15, 0.2) is 0 Å². The van der Waals surface area contributed by atoms with Gasteiger partial charge in [-0.15, -0.1) is 0 Å². The third-order valence-corrected chi connectivity index (χ3v) is 3.94. The van der Waals surface area contributed by atoms with Gasteiger partial charge in [0.25, 0.3) is 5.91 Å². The number of hydrogen-bond donors (Lipinski definition) is 1. The molecule has 0 unspecified atom stereocenters. The van der Waals surface area contributed by atoms with Crippen molar-refractivity contribution in [3.8, 4) is 0 Å². The molecule has 0 bridgehead atoms. The summed E-state index contributed by atoms with van der Waals surface area (Å²) >= 11 is 0. The van der Waals surface area contributed by atoms with Crippen molar-refractivity contribution < 1.29 is 4.79 Å². The first-order valence-electron chi connectivity index (χ1n) is 7.33. The highest BCUT2D eigenvalue weighted by molar-refractivity contribution is 5.95. The topological polar surface area (TPSA) is 50.2 Å². The number of carbonyl (C=O) groups is 1. The van der Waals surface area contributed by atoms with Crippen LogP contribution in [0.25, 0.3) is 0 Å². The standard InChI is InChI=1S/C15H26N4O/c1-11-13(9-17-19(11)15(2,3)4)14(20)18-7-6-12(10-18)8-16-5/h9,12,16H,6-8,10H2,1-5H3/t12-/m1/s1. The minimum absolute atomic E-state index is 0.0950. The Morgan fingerprint density at radius 2 is 2.20 bits per heavy atom. The fourth-order valence-corrected chi connectivity index (χ4v) is 2.94. The average Bonchev–Trinajstić information content (AvgIpc) is 2.95. The Morgan fingerprint density at radius 3 is 2.75 bits per heavy atom. The van der Waals surface area contributed by atoms with Crippen LogP contribution in [0, 0.1) is 12.8 Å². The van der Waals surface area contributed by atoms with E-state index >= 15 is 0 Å². The molecule has 20 heavy (non-hydrogen) atoms. The highest BCUT2D eigenvalue weighted by atomic mass is 16.2. The molecule has 1 aliphatic rings. The van der Waals surface area contributed by atoms with Gasteiger partial charge in [-0.05, 0) is 53.6 Å². The molecular weight excluding hydrogens is 252 g/mol. The zero-order chi connectivity index (χ0) is 14.9. The molecule has 0 radical (unpaired) electrons. The molecule has 5 heteroatoms. The normalized spacial score (nSPS) is 19.6. The van der Waals surface area contributed by atoms with Gasteiger partial charge in [-0.1, -0.05) is 0 Å². The van der Waals surface area contributed by atoms with Crippen LogP contribution in [0.4, 0.5) is 0 Å². The zero-order valence-corrected chi connectivity index (χ0v) is 13.2. The molecule has 1 N–H and O–H groups in total. The predicted octanol–water partition coefficient (Wildman–Crippen LogP) is 1.63. The van der Waals surface area contributed by atoms with E-state index < -0.39 is 0 Å². The lowest BCUT2D eigenvalue weighted by atomic mass is 10.1. The second-order valence-corrected chi connectivity index (χ2v) is 6.69. The van der Waals surface area contributed by atoms with Gasteiger partial charge in [0, 0.05) is 18.8 Å². The first-order valence-corrected chi connectivity index (χ1v) is 7.33. The Bertz CT molecular complexity index is 487. The number of hydrogen-bond acceptors (Lipinski definition) is 3. The summed E-state index contributed by atoms with van der Waals surface area (Å²) in [5.74, 6) is 0.693. The second-order valence-electron chi connectivity index (χ2n) is 6.69. The van der Waals surface area contributed by atoms with E-state index in [0.29, 0.717) is 5.92 Å². The molecule has 0 spiro atoms. The molecule has 112 valence electrons. The summed E-state index contributed by atoms with van der Waals surface area (Å²) in [6.07, 6.45) is 2.80. The smallest absolute Gasteiger partial charge is 0.257 e. The van der Waals surface area contributed by atoms with Crippen LogP contribution >= 0.6 is 0 Å². The number of amides is 1. The molecule has 2 rings (SSSR count). The van der Waals surface area contributed by atoms with E-state index in [1.54, 1.807) is 6.20 Å². The molecule has 1 amide bonds. The van der Waals surface area contributed by atoms with Crippen LogP contribution in [0.3, 0.4) is 0 Å². The summed E-state index contributed by atoms with van der Waals surface area (Å²) < 4.78 is 1.93. The molecule has 2 heterocycles. The minimum Gasteiger partial charge on any atom is -0.338 e. The molecule has 0 saturated carbocycles. The van der Waals surface area contributed by atoms with Gasteiger partial charge in [0.2, 0.25) is 0 Å². The monoisotopic (exact) mass is 278 g/mol. The Morgan fingerprint density at radius 1 is 1.50 bits per heavy atom. The van der Waals surface area contributed by atoms with E-state index in [4.69, 9.17) is 0 Å². The summed E-state index contributed by atoms with van der Waals surface area (Å²) in [5.41, 5.74) is 1.60. The minimum atomic E-state index is -0.0950. The average molecular weight is 278 g/mol. The molecule has 0 aromatic carbocycles. The molecule has 5 nitrogen and oxygen atoms in total. The predicted molar refractivity (Wildman–Crippen MR) is 79.9 cm³/mol. The Labute approximate surface area is 121 Å². The highest BCUT2D eigenvalue weighted by Gasteiger charge is 2.29. The van der Waals surface area contributed by atoms with Crippen LogP contribution in [0.2, 0.25) is 0 Å². The van der Waals surface area contributed by atoms with E-state index in [-0.39, 0.29) is 11.4 Å². The molecule has 1 aromatic rings. The number of aromatic nitrogens is 2. The van der Waals surface area contributed by atoms with Gasteiger partial charge in [-0.25, -0.2) is 0 Å². The number of rotatable bonds is 3. The van der Waals surface area contributed by atoms with Crippen LogP contribution < -0.4 is 5.32 Å². The number of carbonyl (C=O) groups excluding carboxylic acids is 1. The van der Waals surface area contributed by atoms with E-state index in [1.807, 2.05) is 23.6 Å². The maximum atomic E-state index is 12.6. The highest BCUT2D eigenvalue weighted by Crippen LogP contribution is 2.22. The van der Waals surface area contributed by atoms with Gasteiger partial charge in [-0.3, -0.25) is 9.48 Å². The van der Waals surface area contributed by atoms with Crippen molar-refractivity contribution in [1.29, 1.82) is 0 Å². The first kappa shape index (κ1) is 15.0. The third kappa shape index (κ3) is 2.87. The summed E-state index contributed by atoms with van der Waals surface area (Å²) in [5, 5.41) is 7.58. The SMILES string of the molecule is CNC[C@H]1CCN(C(=O)c2cnn(C(C)(C)C)c2C)C1. The molecule has 1 atom stereocenters. The number of nitrogens with one attached hydrogen (secondary N) is 1. The zero-order valence-electron chi connectivity index (χ0n) is 13.2. The van der Waals surface area contributed by atoms with Crippen molar-refractivity contribution in [2.45, 2.75) is 39.7 Å². The van der Waals surface area contributed by atoms with Crippen LogP contribution in [0.1, 0.15) is 43.2 Å². The van der Waals surface area contributed by atoms with Crippen molar-refractivity contribution in [2.24, 2.45) is 5.92 Å². The van der Waals surface area contributed by atoms with Crippen LogP contribution in [0.15, 0.2) is 6.20 Å². The van der Waals surface area contributed by atoms with E-state index in [1.165, 1.54) is 0 Å². The van der Waals surface area contributed by atoms with Crippen molar-refractivity contribution in [2.75, 3.05) is 26.7 Å². The molecule has 1 aromatic heterocycles. The summed E-state index contributed by atoms with van der Waals surface area (Å²) in [6.45, 7) is 10.9. The summed E-state index contributed by atoms with van der Waals surface area (Å²) in [6, 6.07) is 0. The van der Waals surface area contributed by atoms with Crippen molar-refractivity contribution >= 4 is 5.91 Å². The Hall–Kier alpha value is -1.36. The molecule has 1 fully saturated rings. The lowest BCUT2D eigenvalue weighted by Gasteiger charge is -2.22. The number of likely N-dealkylation sites (tertiary alicyclic amines) is 1. The van der Waals surface area contributed by atoms with Gasteiger partial charge >= 0.3 is 0 Å². The lowest BCUT2D eigenvalue weighted by molar-refractivity contribution is 0.0786. The van der Waals surface area contributed by atoms with Gasteiger partial charge in [0.1, 0.15) is 0 Å². The van der Waals surface area contributed by atoms with Crippen LogP contribution in [-0.4, -0.2) is 47.3 Å². The molecular formula is C15H26N4O. The maximum Gasteiger partial charge on any atom is 0.257 e. The van der Waals surface area contributed by atoms with Crippen LogP contribution in [-0.2, 0) is 5.54 Å². The van der Waals surface area contributed by atoms with Crippen LogP contribution in [0.5, 0.6) is 0 Å². The van der Waals surface area contributed by atoms with Crippen molar-refractivity contribution in [1.82, 2.24) is 20.0 Å². The molecule has 1 saturated heterocycles. The molecule has 1 aliphatic heterocycles. The van der Waals surface area contributed by atoms with Gasteiger partial charge in [0.05, 0.1) is 17.3 Å². The first-order chi connectivity index (χ1) is 9.34. The summed E-state index contributed by atoms with van der Waals surface area (Å²) in [4.78, 5) is 14.6.